The summed E-state index contributed by atoms with van der Waals surface area (Å²) in [6, 6.07) is 0. The topological polar surface area (TPSA) is 63.6 Å². The van der Waals surface area contributed by atoms with Gasteiger partial charge in [-0.1, -0.05) is 6.92 Å². The fourth-order valence-electron chi connectivity index (χ4n) is 0.685. The molecule has 1 unspecified atom stereocenters. The number of carboxylic acids is 1. The monoisotopic (exact) mass is 196 g/mol. The molecule has 72 valence electrons. The van der Waals surface area contributed by atoms with E-state index in [4.69, 9.17) is 5.11 Å². The van der Waals surface area contributed by atoms with E-state index in [9.17, 15) is 9.59 Å². The predicted molar refractivity (Wildman–Crippen MR) is 45.3 cm³/mol. The highest BCUT2D eigenvalue weighted by Gasteiger charge is 2.24. The molecular weight excluding hydrogens is 184 g/mol. The summed E-state index contributed by atoms with van der Waals surface area (Å²) >= 11 is 0. The lowest BCUT2D eigenvalue weighted by Crippen LogP contribution is -2.25. The second-order valence-corrected chi connectivity index (χ2v) is 2.05. The van der Waals surface area contributed by atoms with Crippen molar-refractivity contribution in [3.8, 4) is 0 Å². The van der Waals surface area contributed by atoms with Crippen LogP contribution in [0.15, 0.2) is 0 Å². The summed E-state index contributed by atoms with van der Waals surface area (Å²) < 4.78 is 4.54. The van der Waals surface area contributed by atoms with Crippen LogP contribution in [0.4, 0.5) is 0 Å². The third-order valence-electron chi connectivity index (χ3n) is 1.28. The summed E-state index contributed by atoms with van der Waals surface area (Å²) in [5, 5.41) is 8.47. The molecule has 0 amide bonds. The van der Waals surface area contributed by atoms with E-state index in [1.807, 2.05) is 0 Å². The number of aliphatic carboxylic acids is 1. The summed E-state index contributed by atoms with van der Waals surface area (Å²) in [5.41, 5.74) is 0. The van der Waals surface area contributed by atoms with Crippen molar-refractivity contribution in [3.05, 3.63) is 0 Å². The van der Waals surface area contributed by atoms with Crippen molar-refractivity contribution in [1.82, 2.24) is 0 Å². The van der Waals surface area contributed by atoms with Gasteiger partial charge in [0.2, 0.25) is 0 Å². The van der Waals surface area contributed by atoms with Crippen molar-refractivity contribution in [1.29, 1.82) is 0 Å². The van der Waals surface area contributed by atoms with Crippen molar-refractivity contribution in [3.63, 3.8) is 0 Å². The van der Waals surface area contributed by atoms with Crippen LogP contribution in [0.2, 0.25) is 0 Å². The summed E-state index contributed by atoms with van der Waals surface area (Å²) in [5.74, 6) is -2.77. The Kier molecular flexibility index (Phi) is 7.94. The molecule has 0 saturated heterocycles. The molecule has 0 aliphatic heterocycles. The summed E-state index contributed by atoms with van der Waals surface area (Å²) in [6.45, 7) is 3.50. The Hall–Kier alpha value is -0.770. The standard InChI is InChI=1S/C7H12O4.ClH/c1-3-5(6(8)9)7(10)11-4-2;/h5H,3-4H2,1-2H3,(H,8,9);1H. The Morgan fingerprint density at radius 2 is 1.92 bits per heavy atom. The Labute approximate surface area is 77.3 Å². The van der Waals surface area contributed by atoms with Gasteiger partial charge >= 0.3 is 11.9 Å². The smallest absolute Gasteiger partial charge is 0.320 e. The molecule has 0 saturated carbocycles. The summed E-state index contributed by atoms with van der Waals surface area (Å²) in [7, 11) is 0. The van der Waals surface area contributed by atoms with Crippen LogP contribution in [0.3, 0.4) is 0 Å². The minimum Gasteiger partial charge on any atom is -0.481 e. The van der Waals surface area contributed by atoms with Crippen LogP contribution in [0.1, 0.15) is 20.3 Å². The molecule has 5 heteroatoms. The average molecular weight is 197 g/mol. The number of halogens is 1. The lowest BCUT2D eigenvalue weighted by molar-refractivity contribution is -0.158. The average Bonchev–Trinajstić information content (AvgIpc) is 1.88. The molecule has 0 aliphatic rings. The van der Waals surface area contributed by atoms with Crippen molar-refractivity contribution in [2.24, 2.45) is 5.92 Å². The molecule has 0 spiro atoms. The summed E-state index contributed by atoms with van der Waals surface area (Å²) in [6.07, 6.45) is 0.272. The first-order valence-electron chi connectivity index (χ1n) is 3.52. The highest BCUT2D eigenvalue weighted by atomic mass is 35.5. The second kappa shape index (κ2) is 6.91. The molecule has 0 bridgehead atoms. The van der Waals surface area contributed by atoms with Crippen molar-refractivity contribution < 1.29 is 19.4 Å². The third-order valence-corrected chi connectivity index (χ3v) is 1.28. The normalized spacial score (nSPS) is 11.2. The zero-order valence-corrected chi connectivity index (χ0v) is 7.89. The van der Waals surface area contributed by atoms with Crippen LogP contribution in [0.5, 0.6) is 0 Å². The van der Waals surface area contributed by atoms with Gasteiger partial charge in [0.25, 0.3) is 0 Å². The number of carbonyl (C=O) groups is 2. The molecule has 1 atom stereocenters. The molecular formula is C7H13ClO4. The van der Waals surface area contributed by atoms with Crippen LogP contribution in [0.25, 0.3) is 0 Å². The zero-order chi connectivity index (χ0) is 8.85. The van der Waals surface area contributed by atoms with Gasteiger partial charge in [0.1, 0.15) is 0 Å². The van der Waals surface area contributed by atoms with E-state index in [-0.39, 0.29) is 25.4 Å². The van der Waals surface area contributed by atoms with Crippen molar-refractivity contribution >= 4 is 24.3 Å². The molecule has 0 aromatic rings. The highest BCUT2D eigenvalue weighted by molar-refractivity contribution is 5.93. The molecule has 0 aromatic carbocycles. The number of esters is 1. The quantitative estimate of drug-likeness (QED) is 0.540. The molecule has 0 heterocycles. The van der Waals surface area contributed by atoms with E-state index < -0.39 is 17.9 Å². The van der Waals surface area contributed by atoms with Crippen LogP contribution in [-0.2, 0) is 14.3 Å². The van der Waals surface area contributed by atoms with Gasteiger partial charge in [-0.15, -0.1) is 12.4 Å². The van der Waals surface area contributed by atoms with Gasteiger partial charge in [0.15, 0.2) is 5.92 Å². The van der Waals surface area contributed by atoms with Gasteiger partial charge in [-0.3, -0.25) is 9.59 Å². The molecule has 0 aliphatic carbocycles. The Morgan fingerprint density at radius 1 is 1.42 bits per heavy atom. The first kappa shape index (κ1) is 13.8. The largest absolute Gasteiger partial charge is 0.481 e. The Balaban J connectivity index is 0. The van der Waals surface area contributed by atoms with E-state index in [0.717, 1.165) is 0 Å². The van der Waals surface area contributed by atoms with Crippen molar-refractivity contribution in [2.45, 2.75) is 20.3 Å². The number of carboxylic acid groups (broad SMARTS) is 1. The maximum Gasteiger partial charge on any atom is 0.320 e. The maximum atomic E-state index is 10.8. The van der Waals surface area contributed by atoms with Gasteiger partial charge < -0.3 is 9.84 Å². The molecule has 4 nitrogen and oxygen atoms in total. The minimum atomic E-state index is -1.12. The SMILES string of the molecule is CCOC(=O)C(CC)C(=O)O.Cl. The van der Waals surface area contributed by atoms with E-state index in [0.29, 0.717) is 0 Å². The lowest BCUT2D eigenvalue weighted by Gasteiger charge is -2.07. The fraction of sp³-hybridized carbons (Fsp3) is 0.714. The molecule has 1 N–H and O–H groups in total. The second-order valence-electron chi connectivity index (χ2n) is 2.05. The van der Waals surface area contributed by atoms with Crippen LogP contribution in [0, 0.1) is 5.92 Å². The fourth-order valence-corrected chi connectivity index (χ4v) is 0.685. The molecule has 12 heavy (non-hydrogen) atoms. The molecule has 0 radical (unpaired) electrons. The summed E-state index contributed by atoms with van der Waals surface area (Å²) in [4.78, 5) is 21.2. The number of carbonyl (C=O) groups excluding carboxylic acids is 1. The Morgan fingerprint density at radius 3 is 2.17 bits per heavy atom. The molecule has 0 fully saturated rings. The number of rotatable bonds is 4. The van der Waals surface area contributed by atoms with Gasteiger partial charge in [0, 0.05) is 0 Å². The number of ether oxygens (including phenoxy) is 1. The predicted octanol–water partition coefficient (Wildman–Crippen LogP) is 1.08. The number of hydrogen-bond donors (Lipinski definition) is 1. The highest BCUT2D eigenvalue weighted by Crippen LogP contribution is 2.04. The first-order valence-corrected chi connectivity index (χ1v) is 3.52. The van der Waals surface area contributed by atoms with Crippen LogP contribution in [-0.4, -0.2) is 23.7 Å². The molecule has 0 rings (SSSR count). The van der Waals surface area contributed by atoms with Crippen LogP contribution >= 0.6 is 12.4 Å². The van der Waals surface area contributed by atoms with Gasteiger partial charge in [-0.2, -0.15) is 0 Å². The van der Waals surface area contributed by atoms with Gasteiger partial charge in [-0.25, -0.2) is 0 Å². The zero-order valence-electron chi connectivity index (χ0n) is 7.07. The van der Waals surface area contributed by atoms with E-state index >= 15 is 0 Å². The van der Waals surface area contributed by atoms with Crippen LogP contribution < -0.4 is 0 Å². The van der Waals surface area contributed by atoms with E-state index in [2.05, 4.69) is 4.74 Å². The maximum absolute atomic E-state index is 10.8. The molecule has 0 aromatic heterocycles. The minimum absolute atomic E-state index is 0. The van der Waals surface area contributed by atoms with Gasteiger partial charge in [-0.05, 0) is 13.3 Å². The first-order chi connectivity index (χ1) is 5.13. The Bertz CT molecular complexity index is 157. The van der Waals surface area contributed by atoms with Crippen molar-refractivity contribution in [2.75, 3.05) is 6.61 Å². The van der Waals surface area contributed by atoms with E-state index in [1.54, 1.807) is 13.8 Å². The lowest BCUT2D eigenvalue weighted by atomic mass is 10.1. The number of hydrogen-bond acceptors (Lipinski definition) is 3. The van der Waals surface area contributed by atoms with E-state index in [1.165, 1.54) is 0 Å². The third kappa shape index (κ3) is 4.18. The van der Waals surface area contributed by atoms with Gasteiger partial charge in [0.05, 0.1) is 6.61 Å².